The van der Waals surface area contributed by atoms with Crippen LogP contribution in [0.2, 0.25) is 0 Å². The Morgan fingerprint density at radius 1 is 1.20 bits per heavy atom. The van der Waals surface area contributed by atoms with Crippen LogP contribution in [0.15, 0.2) is 51.8 Å². The molecule has 0 aliphatic heterocycles. The molecule has 2 rings (SSSR count). The predicted octanol–water partition coefficient (Wildman–Crippen LogP) is 2.98. The highest BCUT2D eigenvalue weighted by Gasteiger charge is 2.11. The molecule has 6 heteroatoms. The third-order valence-electron chi connectivity index (χ3n) is 2.71. The number of benzene rings is 2. The van der Waals surface area contributed by atoms with Crippen LogP contribution >= 0.6 is 15.9 Å². The molecule has 0 unspecified atom stereocenters. The summed E-state index contributed by atoms with van der Waals surface area (Å²) in [4.78, 5) is 0.0484. The second-order valence-electron chi connectivity index (χ2n) is 4.41. The van der Waals surface area contributed by atoms with Crippen LogP contribution in [-0.4, -0.2) is 8.42 Å². The van der Waals surface area contributed by atoms with Gasteiger partial charge in [0.05, 0.1) is 9.37 Å². The smallest absolute Gasteiger partial charge is 0.238 e. The molecule has 2 N–H and O–H groups in total. The van der Waals surface area contributed by atoms with Gasteiger partial charge in [0.15, 0.2) is 0 Å². The molecule has 106 valence electrons. The largest absolute Gasteiger partial charge is 0.488 e. The van der Waals surface area contributed by atoms with Gasteiger partial charge in [-0.25, -0.2) is 13.6 Å². The summed E-state index contributed by atoms with van der Waals surface area (Å²) in [5.41, 5.74) is 2.21. The molecule has 0 heterocycles. The van der Waals surface area contributed by atoms with Gasteiger partial charge < -0.3 is 4.74 Å². The third-order valence-corrected chi connectivity index (χ3v) is 4.24. The van der Waals surface area contributed by atoms with Crippen LogP contribution in [0.5, 0.6) is 5.75 Å². The van der Waals surface area contributed by atoms with Crippen LogP contribution in [0.4, 0.5) is 0 Å². The molecule has 0 aromatic heterocycles. The number of nitrogens with two attached hydrogens (primary N) is 1. The van der Waals surface area contributed by atoms with E-state index in [0.29, 0.717) is 16.8 Å². The Morgan fingerprint density at radius 2 is 1.95 bits per heavy atom. The molecule has 2 aromatic rings. The summed E-state index contributed by atoms with van der Waals surface area (Å²) in [7, 11) is -3.70. The number of ether oxygens (including phenoxy) is 1. The zero-order valence-corrected chi connectivity index (χ0v) is 13.2. The third kappa shape index (κ3) is 3.82. The molecule has 0 atom stereocenters. The normalized spacial score (nSPS) is 11.3. The summed E-state index contributed by atoms with van der Waals surface area (Å²) in [6.07, 6.45) is 0. The Hall–Kier alpha value is -1.37. The monoisotopic (exact) mass is 355 g/mol. The molecular weight excluding hydrogens is 342 g/mol. The molecule has 0 bridgehead atoms. The van der Waals surface area contributed by atoms with E-state index in [1.165, 1.54) is 12.1 Å². The van der Waals surface area contributed by atoms with E-state index in [1.807, 2.05) is 31.2 Å². The molecule has 0 saturated heterocycles. The fourth-order valence-electron chi connectivity index (χ4n) is 1.74. The summed E-state index contributed by atoms with van der Waals surface area (Å²) >= 11 is 3.28. The molecule has 2 aromatic carbocycles. The van der Waals surface area contributed by atoms with Crippen molar-refractivity contribution in [2.45, 2.75) is 18.4 Å². The lowest BCUT2D eigenvalue weighted by atomic mass is 10.1. The highest BCUT2D eigenvalue weighted by molar-refractivity contribution is 9.10. The second kappa shape index (κ2) is 5.95. The number of sulfonamides is 1. The quantitative estimate of drug-likeness (QED) is 0.916. The number of halogens is 1. The molecule has 0 amide bonds. The van der Waals surface area contributed by atoms with Gasteiger partial charge in [-0.3, -0.25) is 0 Å². The maximum Gasteiger partial charge on any atom is 0.238 e. The van der Waals surface area contributed by atoms with E-state index in [-0.39, 0.29) is 4.90 Å². The number of aryl methyl sites for hydroxylation is 1. The van der Waals surface area contributed by atoms with Gasteiger partial charge in [0.2, 0.25) is 10.0 Å². The van der Waals surface area contributed by atoms with Crippen molar-refractivity contribution in [2.24, 2.45) is 5.14 Å². The fraction of sp³-hybridized carbons (Fsp3) is 0.143. The average molecular weight is 356 g/mol. The van der Waals surface area contributed by atoms with Gasteiger partial charge in [-0.1, -0.05) is 29.8 Å². The molecule has 4 nitrogen and oxygen atoms in total. The van der Waals surface area contributed by atoms with Crippen molar-refractivity contribution in [3.05, 3.63) is 58.1 Å². The second-order valence-corrected chi connectivity index (χ2v) is 6.83. The first-order valence-electron chi connectivity index (χ1n) is 5.87. The number of hydrogen-bond donors (Lipinski definition) is 1. The predicted molar refractivity (Wildman–Crippen MR) is 81.0 cm³/mol. The van der Waals surface area contributed by atoms with Gasteiger partial charge in [-0.2, -0.15) is 0 Å². The molecule has 0 saturated carbocycles. The van der Waals surface area contributed by atoms with Crippen LogP contribution in [0.1, 0.15) is 11.1 Å². The van der Waals surface area contributed by atoms with E-state index in [9.17, 15) is 8.42 Å². The van der Waals surface area contributed by atoms with Crippen LogP contribution in [0.25, 0.3) is 0 Å². The molecule has 0 aliphatic carbocycles. The fourth-order valence-corrected chi connectivity index (χ4v) is 2.92. The lowest BCUT2D eigenvalue weighted by molar-refractivity contribution is 0.304. The van der Waals surface area contributed by atoms with Crippen LogP contribution in [0.3, 0.4) is 0 Å². The number of primary sulfonamides is 1. The van der Waals surface area contributed by atoms with E-state index in [4.69, 9.17) is 9.88 Å². The molecule has 0 radical (unpaired) electrons. The van der Waals surface area contributed by atoms with Crippen molar-refractivity contribution < 1.29 is 13.2 Å². The highest BCUT2D eigenvalue weighted by Crippen LogP contribution is 2.28. The minimum Gasteiger partial charge on any atom is -0.488 e. The van der Waals surface area contributed by atoms with Crippen molar-refractivity contribution in [1.82, 2.24) is 0 Å². The molecule has 20 heavy (non-hydrogen) atoms. The average Bonchev–Trinajstić information content (AvgIpc) is 2.36. The Morgan fingerprint density at radius 3 is 2.55 bits per heavy atom. The SMILES string of the molecule is Cc1cccc(COc2ccc(S(N)(=O)=O)cc2Br)c1. The maximum absolute atomic E-state index is 11.2. The van der Waals surface area contributed by atoms with Crippen molar-refractivity contribution in [2.75, 3.05) is 0 Å². The first-order chi connectivity index (χ1) is 9.36. The Labute approximate surface area is 126 Å². The van der Waals surface area contributed by atoms with Crippen LogP contribution in [0, 0.1) is 6.92 Å². The van der Waals surface area contributed by atoms with Crippen LogP contribution < -0.4 is 9.88 Å². The summed E-state index contributed by atoms with van der Waals surface area (Å²) in [6.45, 7) is 2.43. The van der Waals surface area contributed by atoms with E-state index >= 15 is 0 Å². The minimum absolute atomic E-state index is 0.0484. The highest BCUT2D eigenvalue weighted by atomic mass is 79.9. The topological polar surface area (TPSA) is 69.4 Å². The first kappa shape index (κ1) is 15.0. The van der Waals surface area contributed by atoms with Crippen molar-refractivity contribution in [1.29, 1.82) is 0 Å². The lowest BCUT2D eigenvalue weighted by Gasteiger charge is -2.09. The van der Waals surface area contributed by atoms with Crippen molar-refractivity contribution >= 4 is 26.0 Å². The molecule has 0 fully saturated rings. The Kier molecular flexibility index (Phi) is 4.47. The lowest BCUT2D eigenvalue weighted by Crippen LogP contribution is -2.12. The van der Waals surface area contributed by atoms with E-state index < -0.39 is 10.0 Å². The summed E-state index contributed by atoms with van der Waals surface area (Å²) in [5, 5.41) is 5.07. The van der Waals surface area contributed by atoms with Gasteiger partial charge in [-0.05, 0) is 46.6 Å². The summed E-state index contributed by atoms with van der Waals surface area (Å²) in [5.74, 6) is 0.568. The van der Waals surface area contributed by atoms with Gasteiger partial charge in [0, 0.05) is 0 Å². The van der Waals surface area contributed by atoms with Gasteiger partial charge >= 0.3 is 0 Å². The number of hydrogen-bond acceptors (Lipinski definition) is 3. The van der Waals surface area contributed by atoms with Gasteiger partial charge in [-0.15, -0.1) is 0 Å². The zero-order valence-electron chi connectivity index (χ0n) is 10.8. The van der Waals surface area contributed by atoms with Gasteiger partial charge in [0.25, 0.3) is 0 Å². The Balaban J connectivity index is 2.15. The van der Waals surface area contributed by atoms with E-state index in [1.54, 1.807) is 6.07 Å². The standard InChI is InChI=1S/C14H14BrNO3S/c1-10-3-2-4-11(7-10)9-19-14-6-5-12(8-13(14)15)20(16,17)18/h2-8H,9H2,1H3,(H2,16,17,18). The van der Waals surface area contributed by atoms with E-state index in [2.05, 4.69) is 15.9 Å². The summed E-state index contributed by atoms with van der Waals surface area (Å²) < 4.78 is 28.7. The Bertz CT molecular complexity index is 729. The molecular formula is C14H14BrNO3S. The van der Waals surface area contributed by atoms with Crippen LogP contribution in [-0.2, 0) is 16.6 Å². The first-order valence-corrected chi connectivity index (χ1v) is 8.21. The minimum atomic E-state index is -3.70. The van der Waals surface area contributed by atoms with Crippen molar-refractivity contribution in [3.8, 4) is 5.75 Å². The maximum atomic E-state index is 11.2. The van der Waals surface area contributed by atoms with Crippen molar-refractivity contribution in [3.63, 3.8) is 0 Å². The number of rotatable bonds is 4. The zero-order chi connectivity index (χ0) is 14.8. The van der Waals surface area contributed by atoms with E-state index in [0.717, 1.165) is 11.1 Å². The summed E-state index contributed by atoms with van der Waals surface area (Å²) in [6, 6.07) is 12.4. The van der Waals surface area contributed by atoms with Gasteiger partial charge in [0.1, 0.15) is 12.4 Å². The molecule has 0 aliphatic rings. The molecule has 0 spiro atoms.